The minimum atomic E-state index is 0.00805. The number of benzene rings is 1. The van der Waals surface area contributed by atoms with Crippen molar-refractivity contribution in [3.63, 3.8) is 0 Å². The lowest BCUT2D eigenvalue weighted by atomic mass is 9.91. The van der Waals surface area contributed by atoms with Crippen molar-refractivity contribution in [3.8, 4) is 0 Å². The van der Waals surface area contributed by atoms with Crippen LogP contribution in [0.15, 0.2) is 42.6 Å². The molecule has 2 rings (SSSR count). The SMILES string of the molecule is Cc1ccc(Cn2cccc2CN(C(=O)CC(C)(C)C)C(C)C)cc1. The van der Waals surface area contributed by atoms with Crippen molar-refractivity contribution in [1.82, 2.24) is 9.47 Å². The van der Waals surface area contributed by atoms with E-state index >= 15 is 0 Å². The molecule has 1 aromatic carbocycles. The van der Waals surface area contributed by atoms with Crippen molar-refractivity contribution < 1.29 is 4.79 Å². The Labute approximate surface area is 152 Å². The minimum Gasteiger partial charge on any atom is -0.345 e. The molecule has 1 heterocycles. The molecule has 2 aromatic rings. The molecule has 3 nitrogen and oxygen atoms in total. The summed E-state index contributed by atoms with van der Waals surface area (Å²) in [5.74, 6) is 0.227. The van der Waals surface area contributed by atoms with E-state index in [1.807, 2.05) is 4.90 Å². The van der Waals surface area contributed by atoms with Crippen LogP contribution in [0.25, 0.3) is 0 Å². The number of amides is 1. The highest BCUT2D eigenvalue weighted by molar-refractivity contribution is 5.77. The Balaban J connectivity index is 2.14. The summed E-state index contributed by atoms with van der Waals surface area (Å²) in [6, 6.07) is 13.0. The monoisotopic (exact) mass is 340 g/mol. The Morgan fingerprint density at radius 3 is 2.32 bits per heavy atom. The standard InChI is InChI=1S/C22H32N2O/c1-17(2)24(21(25)14-22(4,5)6)16-20-8-7-13-23(20)15-19-11-9-18(3)10-12-19/h7-13,17H,14-16H2,1-6H3. The van der Waals surface area contributed by atoms with Gasteiger partial charge in [-0.3, -0.25) is 4.79 Å². The molecule has 0 radical (unpaired) electrons. The molecule has 0 aliphatic carbocycles. The second-order valence-corrected chi connectivity index (χ2v) is 8.47. The highest BCUT2D eigenvalue weighted by Crippen LogP contribution is 2.22. The van der Waals surface area contributed by atoms with E-state index in [0.717, 1.165) is 6.54 Å². The van der Waals surface area contributed by atoms with E-state index in [0.29, 0.717) is 13.0 Å². The summed E-state index contributed by atoms with van der Waals surface area (Å²) in [6.07, 6.45) is 2.67. The topological polar surface area (TPSA) is 25.2 Å². The fourth-order valence-corrected chi connectivity index (χ4v) is 2.93. The van der Waals surface area contributed by atoms with Gasteiger partial charge in [-0.25, -0.2) is 0 Å². The van der Waals surface area contributed by atoms with E-state index in [4.69, 9.17) is 0 Å². The molecule has 1 amide bonds. The molecule has 0 fully saturated rings. The highest BCUT2D eigenvalue weighted by Gasteiger charge is 2.23. The van der Waals surface area contributed by atoms with Crippen LogP contribution >= 0.6 is 0 Å². The van der Waals surface area contributed by atoms with Crippen LogP contribution < -0.4 is 0 Å². The predicted molar refractivity (Wildman–Crippen MR) is 104 cm³/mol. The third kappa shape index (κ3) is 5.77. The Hall–Kier alpha value is -2.03. The maximum absolute atomic E-state index is 12.8. The Kier molecular flexibility index (Phi) is 6.10. The lowest BCUT2D eigenvalue weighted by Crippen LogP contribution is -2.38. The largest absolute Gasteiger partial charge is 0.345 e. The zero-order valence-electron chi connectivity index (χ0n) is 16.5. The molecule has 0 unspecified atom stereocenters. The van der Waals surface area contributed by atoms with Gasteiger partial charge in [0.05, 0.1) is 6.54 Å². The summed E-state index contributed by atoms with van der Waals surface area (Å²) in [5, 5.41) is 0. The van der Waals surface area contributed by atoms with E-state index in [-0.39, 0.29) is 17.4 Å². The van der Waals surface area contributed by atoms with Gasteiger partial charge in [0.2, 0.25) is 5.91 Å². The number of nitrogens with zero attached hydrogens (tertiary/aromatic N) is 2. The van der Waals surface area contributed by atoms with Gasteiger partial charge in [0.15, 0.2) is 0 Å². The highest BCUT2D eigenvalue weighted by atomic mass is 16.2. The summed E-state index contributed by atoms with van der Waals surface area (Å²) in [6.45, 7) is 14.1. The molecular weight excluding hydrogens is 308 g/mol. The van der Waals surface area contributed by atoms with Crippen LogP contribution in [-0.4, -0.2) is 21.4 Å². The first kappa shape index (κ1) is 19.3. The van der Waals surface area contributed by atoms with Crippen LogP contribution in [0.5, 0.6) is 0 Å². The maximum Gasteiger partial charge on any atom is 0.223 e. The minimum absolute atomic E-state index is 0.00805. The summed E-state index contributed by atoms with van der Waals surface area (Å²) in [5.41, 5.74) is 3.74. The quantitative estimate of drug-likeness (QED) is 0.725. The molecule has 3 heteroatoms. The van der Waals surface area contributed by atoms with Crippen molar-refractivity contribution in [2.75, 3.05) is 0 Å². The Bertz CT molecular complexity index is 690. The van der Waals surface area contributed by atoms with E-state index in [9.17, 15) is 4.79 Å². The first-order valence-electron chi connectivity index (χ1n) is 9.15. The van der Waals surface area contributed by atoms with Gasteiger partial charge in [0.1, 0.15) is 0 Å². The molecule has 0 saturated heterocycles. The lowest BCUT2D eigenvalue weighted by molar-refractivity contribution is -0.135. The fraction of sp³-hybridized carbons (Fsp3) is 0.500. The van der Waals surface area contributed by atoms with Gasteiger partial charge in [-0.1, -0.05) is 50.6 Å². The van der Waals surface area contributed by atoms with E-state index in [2.05, 4.69) is 88.7 Å². The second kappa shape index (κ2) is 7.90. The van der Waals surface area contributed by atoms with Gasteiger partial charge in [-0.2, -0.15) is 0 Å². The molecule has 0 bridgehead atoms. The molecule has 0 aliphatic heterocycles. The smallest absolute Gasteiger partial charge is 0.223 e. The van der Waals surface area contributed by atoms with Crippen molar-refractivity contribution in [2.24, 2.45) is 5.41 Å². The van der Waals surface area contributed by atoms with Gasteiger partial charge < -0.3 is 9.47 Å². The van der Waals surface area contributed by atoms with Gasteiger partial charge in [0.25, 0.3) is 0 Å². The zero-order chi connectivity index (χ0) is 18.6. The fourth-order valence-electron chi connectivity index (χ4n) is 2.93. The molecule has 0 N–H and O–H groups in total. The van der Waals surface area contributed by atoms with Crippen molar-refractivity contribution in [2.45, 2.75) is 67.1 Å². The number of rotatable bonds is 6. The second-order valence-electron chi connectivity index (χ2n) is 8.47. The van der Waals surface area contributed by atoms with Crippen molar-refractivity contribution >= 4 is 5.91 Å². The number of aryl methyl sites for hydroxylation is 1. The van der Waals surface area contributed by atoms with E-state index in [1.165, 1.54) is 16.8 Å². The Morgan fingerprint density at radius 2 is 1.76 bits per heavy atom. The number of carbonyl (C=O) groups is 1. The third-order valence-corrected chi connectivity index (χ3v) is 4.35. The van der Waals surface area contributed by atoms with Crippen molar-refractivity contribution in [3.05, 3.63) is 59.4 Å². The van der Waals surface area contributed by atoms with Gasteiger partial charge in [-0.05, 0) is 43.9 Å². The number of hydrogen-bond donors (Lipinski definition) is 0. The predicted octanol–water partition coefficient (Wildman–Crippen LogP) is 5.02. The molecule has 0 spiro atoms. The van der Waals surface area contributed by atoms with E-state index in [1.54, 1.807) is 0 Å². The summed E-state index contributed by atoms with van der Waals surface area (Å²) >= 11 is 0. The van der Waals surface area contributed by atoms with Gasteiger partial charge >= 0.3 is 0 Å². The van der Waals surface area contributed by atoms with Crippen LogP contribution in [-0.2, 0) is 17.9 Å². The average Bonchev–Trinajstić information content (AvgIpc) is 2.92. The molecule has 1 aromatic heterocycles. The molecule has 25 heavy (non-hydrogen) atoms. The van der Waals surface area contributed by atoms with Crippen molar-refractivity contribution in [1.29, 1.82) is 0 Å². The van der Waals surface area contributed by atoms with Crippen LogP contribution in [0.3, 0.4) is 0 Å². The van der Waals surface area contributed by atoms with Crippen LogP contribution in [0.4, 0.5) is 0 Å². The molecule has 0 atom stereocenters. The van der Waals surface area contributed by atoms with Crippen LogP contribution in [0.1, 0.15) is 57.9 Å². The Morgan fingerprint density at radius 1 is 1.12 bits per heavy atom. The first-order valence-corrected chi connectivity index (χ1v) is 9.15. The maximum atomic E-state index is 12.8. The summed E-state index contributed by atoms with van der Waals surface area (Å²) in [7, 11) is 0. The summed E-state index contributed by atoms with van der Waals surface area (Å²) in [4.78, 5) is 14.7. The van der Waals surface area contributed by atoms with Crippen LogP contribution in [0, 0.1) is 12.3 Å². The molecule has 136 valence electrons. The third-order valence-electron chi connectivity index (χ3n) is 4.35. The zero-order valence-corrected chi connectivity index (χ0v) is 16.5. The van der Waals surface area contributed by atoms with Gasteiger partial charge in [-0.15, -0.1) is 0 Å². The first-order chi connectivity index (χ1) is 11.7. The summed E-state index contributed by atoms with van der Waals surface area (Å²) < 4.78 is 2.24. The number of aromatic nitrogens is 1. The lowest BCUT2D eigenvalue weighted by Gasteiger charge is -2.30. The number of hydrogen-bond acceptors (Lipinski definition) is 1. The normalized spacial score (nSPS) is 11.8. The molecule has 0 aliphatic rings. The van der Waals surface area contributed by atoms with Crippen LogP contribution in [0.2, 0.25) is 0 Å². The number of carbonyl (C=O) groups excluding carboxylic acids is 1. The van der Waals surface area contributed by atoms with E-state index < -0.39 is 0 Å². The molecule has 0 saturated carbocycles. The average molecular weight is 341 g/mol. The molecular formula is C22H32N2O. The van der Waals surface area contributed by atoms with Gasteiger partial charge in [0, 0.05) is 30.9 Å².